The lowest BCUT2D eigenvalue weighted by molar-refractivity contribution is 0.619. The second-order valence-corrected chi connectivity index (χ2v) is 4.75. The average molecular weight is 270 g/mol. The Morgan fingerprint density at radius 3 is 2.89 bits per heavy atom. The summed E-state index contributed by atoms with van der Waals surface area (Å²) in [5.74, 6) is -0.527. The molecule has 0 amide bonds. The molecule has 0 radical (unpaired) electrons. The summed E-state index contributed by atoms with van der Waals surface area (Å²) in [7, 11) is 0. The Morgan fingerprint density at radius 2 is 2.05 bits per heavy atom. The molecule has 0 bridgehead atoms. The fourth-order valence-corrected chi connectivity index (χ4v) is 2.61. The zero-order valence-electron chi connectivity index (χ0n) is 9.62. The van der Waals surface area contributed by atoms with E-state index in [1.807, 2.05) is 30.5 Å². The normalized spacial score (nSPS) is 10.5. The van der Waals surface area contributed by atoms with Crippen molar-refractivity contribution < 1.29 is 4.39 Å². The lowest BCUT2D eigenvalue weighted by atomic mass is 10.2. The molecule has 4 nitrogen and oxygen atoms in total. The van der Waals surface area contributed by atoms with Crippen LogP contribution in [0.3, 0.4) is 0 Å². The first-order chi connectivity index (χ1) is 9.29. The van der Waals surface area contributed by atoms with Crippen LogP contribution in [0.4, 0.5) is 4.39 Å². The third kappa shape index (κ3) is 2.04. The molecule has 19 heavy (non-hydrogen) atoms. The predicted molar refractivity (Wildman–Crippen MR) is 68.2 cm³/mol. The van der Waals surface area contributed by atoms with Gasteiger partial charge in [-0.1, -0.05) is 12.1 Å². The van der Waals surface area contributed by atoms with Gasteiger partial charge < -0.3 is 0 Å². The third-order valence-electron chi connectivity index (χ3n) is 2.57. The summed E-state index contributed by atoms with van der Waals surface area (Å²) >= 11 is 1.22. The first-order valence-electron chi connectivity index (χ1n) is 5.46. The van der Waals surface area contributed by atoms with Crippen molar-refractivity contribution in [3.63, 3.8) is 0 Å². The van der Waals surface area contributed by atoms with Crippen molar-refractivity contribution in [3.8, 4) is 6.07 Å². The molecule has 0 unspecified atom stereocenters. The van der Waals surface area contributed by atoms with E-state index in [1.165, 1.54) is 17.8 Å². The van der Waals surface area contributed by atoms with E-state index in [-0.39, 0.29) is 5.56 Å². The Hall–Kier alpha value is -2.39. The van der Waals surface area contributed by atoms with Gasteiger partial charge in [-0.3, -0.25) is 4.40 Å². The minimum Gasteiger partial charge on any atom is -0.277 e. The average Bonchev–Trinajstić information content (AvgIpc) is 2.83. The number of aromatic nitrogens is 3. The smallest absolute Gasteiger partial charge is 0.200 e. The summed E-state index contributed by atoms with van der Waals surface area (Å²) in [6.45, 7) is 0. The number of nitrogens with zero attached hydrogens (tertiary/aromatic N) is 4. The fourth-order valence-electron chi connectivity index (χ4n) is 1.69. The molecule has 0 spiro atoms. The van der Waals surface area contributed by atoms with Gasteiger partial charge in [0.15, 0.2) is 10.8 Å². The van der Waals surface area contributed by atoms with Crippen molar-refractivity contribution in [2.45, 2.75) is 10.1 Å². The van der Waals surface area contributed by atoms with Gasteiger partial charge in [0.1, 0.15) is 17.4 Å². The van der Waals surface area contributed by atoms with Crippen LogP contribution in [0.1, 0.15) is 5.56 Å². The second kappa shape index (κ2) is 4.71. The summed E-state index contributed by atoms with van der Waals surface area (Å²) < 4.78 is 15.3. The van der Waals surface area contributed by atoms with E-state index in [0.29, 0.717) is 15.7 Å². The van der Waals surface area contributed by atoms with Crippen LogP contribution < -0.4 is 0 Å². The second-order valence-electron chi connectivity index (χ2n) is 3.74. The lowest BCUT2D eigenvalue weighted by Gasteiger charge is -2.02. The molecule has 92 valence electrons. The summed E-state index contributed by atoms with van der Waals surface area (Å²) in [4.78, 5) is 0.528. The number of hydrogen-bond donors (Lipinski definition) is 0. The highest BCUT2D eigenvalue weighted by Gasteiger charge is 2.12. The monoisotopic (exact) mass is 270 g/mol. The minimum atomic E-state index is -0.527. The molecule has 0 atom stereocenters. The topological polar surface area (TPSA) is 54.0 Å². The largest absolute Gasteiger partial charge is 0.277 e. The highest BCUT2D eigenvalue weighted by atomic mass is 32.2. The summed E-state index contributed by atoms with van der Waals surface area (Å²) in [5, 5.41) is 17.6. The zero-order valence-corrected chi connectivity index (χ0v) is 10.4. The number of fused-ring (bicyclic) bond motifs is 1. The fraction of sp³-hybridized carbons (Fsp3) is 0. The van der Waals surface area contributed by atoms with Crippen LogP contribution in [-0.2, 0) is 0 Å². The number of benzene rings is 1. The zero-order chi connectivity index (χ0) is 13.2. The van der Waals surface area contributed by atoms with Crippen LogP contribution in [-0.4, -0.2) is 14.6 Å². The van der Waals surface area contributed by atoms with Gasteiger partial charge in [0.05, 0.1) is 0 Å². The van der Waals surface area contributed by atoms with Crippen molar-refractivity contribution in [2.75, 3.05) is 0 Å². The van der Waals surface area contributed by atoms with Gasteiger partial charge in [0.25, 0.3) is 0 Å². The van der Waals surface area contributed by atoms with Crippen LogP contribution in [0.5, 0.6) is 0 Å². The molecule has 3 aromatic rings. The van der Waals surface area contributed by atoms with E-state index >= 15 is 0 Å². The van der Waals surface area contributed by atoms with Gasteiger partial charge in [0, 0.05) is 11.1 Å². The summed E-state index contributed by atoms with van der Waals surface area (Å²) in [6.07, 6.45) is 1.82. The van der Waals surface area contributed by atoms with Gasteiger partial charge in [-0.15, -0.1) is 10.2 Å². The Kier molecular flexibility index (Phi) is 2.89. The molecule has 0 aliphatic heterocycles. The quantitative estimate of drug-likeness (QED) is 0.718. The molecule has 0 aliphatic rings. The number of rotatable bonds is 2. The molecule has 6 heteroatoms. The van der Waals surface area contributed by atoms with E-state index in [9.17, 15) is 4.39 Å². The van der Waals surface area contributed by atoms with Crippen LogP contribution in [0.15, 0.2) is 52.6 Å². The van der Waals surface area contributed by atoms with E-state index in [1.54, 1.807) is 16.5 Å². The van der Waals surface area contributed by atoms with Gasteiger partial charge in [-0.2, -0.15) is 5.26 Å². The number of halogens is 1. The maximum absolute atomic E-state index is 13.5. The molecule has 0 N–H and O–H groups in total. The van der Waals surface area contributed by atoms with Crippen LogP contribution >= 0.6 is 11.8 Å². The molecule has 2 aromatic heterocycles. The number of nitriles is 1. The Balaban J connectivity index is 2.07. The van der Waals surface area contributed by atoms with Crippen molar-refractivity contribution in [2.24, 2.45) is 0 Å². The molecule has 3 rings (SSSR count). The number of hydrogen-bond acceptors (Lipinski definition) is 4. The van der Waals surface area contributed by atoms with Gasteiger partial charge in [0.2, 0.25) is 0 Å². The Morgan fingerprint density at radius 1 is 1.16 bits per heavy atom. The standard InChI is InChI=1S/C13H7FN4S/c14-10-4-3-5-11(9(10)8-15)19-13-17-16-12-6-1-2-7-18(12)13/h1-7H. The van der Waals surface area contributed by atoms with E-state index in [4.69, 9.17) is 5.26 Å². The maximum Gasteiger partial charge on any atom is 0.200 e. The van der Waals surface area contributed by atoms with E-state index in [0.717, 1.165) is 0 Å². The first kappa shape index (κ1) is 11.7. The van der Waals surface area contributed by atoms with Crippen LogP contribution in [0.25, 0.3) is 5.65 Å². The summed E-state index contributed by atoms with van der Waals surface area (Å²) in [6, 6.07) is 11.9. The molecule has 1 aromatic carbocycles. The van der Waals surface area contributed by atoms with E-state index in [2.05, 4.69) is 10.2 Å². The van der Waals surface area contributed by atoms with Gasteiger partial charge in [-0.05, 0) is 36.0 Å². The Labute approximate surface area is 112 Å². The molecule has 2 heterocycles. The summed E-state index contributed by atoms with van der Waals surface area (Å²) in [5.41, 5.74) is 0.736. The number of pyridine rings is 1. The SMILES string of the molecule is N#Cc1c(F)cccc1Sc1nnc2ccccn12. The molecule has 0 aliphatic carbocycles. The molecule has 0 saturated heterocycles. The first-order valence-corrected chi connectivity index (χ1v) is 6.27. The molecular formula is C13H7FN4S. The molecule has 0 saturated carbocycles. The van der Waals surface area contributed by atoms with Crippen molar-refractivity contribution in [1.82, 2.24) is 14.6 Å². The molecule has 0 fully saturated rings. The van der Waals surface area contributed by atoms with Crippen LogP contribution in [0.2, 0.25) is 0 Å². The highest BCUT2D eigenvalue weighted by molar-refractivity contribution is 7.99. The van der Waals surface area contributed by atoms with E-state index < -0.39 is 5.82 Å². The third-order valence-corrected chi connectivity index (χ3v) is 3.59. The minimum absolute atomic E-state index is 0.0279. The van der Waals surface area contributed by atoms with Crippen molar-refractivity contribution in [1.29, 1.82) is 5.26 Å². The van der Waals surface area contributed by atoms with Gasteiger partial charge in [-0.25, -0.2) is 4.39 Å². The lowest BCUT2D eigenvalue weighted by Crippen LogP contribution is -1.90. The van der Waals surface area contributed by atoms with Crippen molar-refractivity contribution in [3.05, 3.63) is 54.0 Å². The molecular weight excluding hydrogens is 263 g/mol. The Bertz CT molecular complexity index is 791. The predicted octanol–water partition coefficient (Wildman–Crippen LogP) is 2.89. The van der Waals surface area contributed by atoms with Gasteiger partial charge >= 0.3 is 0 Å². The maximum atomic E-state index is 13.5. The highest BCUT2D eigenvalue weighted by Crippen LogP contribution is 2.30. The van der Waals surface area contributed by atoms with Crippen molar-refractivity contribution >= 4 is 17.4 Å². The van der Waals surface area contributed by atoms with Crippen LogP contribution in [0, 0.1) is 17.1 Å².